The molecule has 0 radical (unpaired) electrons. The van der Waals surface area contributed by atoms with Gasteiger partial charge in [-0.15, -0.1) is 0 Å². The number of aryl methyl sites for hydroxylation is 3. The van der Waals surface area contributed by atoms with Crippen molar-refractivity contribution in [3.63, 3.8) is 0 Å². The SMILES string of the molecule is CNC(Cc1ccc(F)cc1F)c1cc(C)c(C)cc1C. The third kappa shape index (κ3) is 3.48. The predicted octanol–water partition coefficient (Wildman–Crippen LogP) is 4.39. The van der Waals surface area contributed by atoms with Crippen LogP contribution in [0.4, 0.5) is 8.78 Å². The predicted molar refractivity (Wildman–Crippen MR) is 82.5 cm³/mol. The van der Waals surface area contributed by atoms with Crippen LogP contribution in [-0.4, -0.2) is 7.05 Å². The molecule has 0 aliphatic rings. The van der Waals surface area contributed by atoms with Gasteiger partial charge in [-0.3, -0.25) is 0 Å². The first-order valence-electron chi connectivity index (χ1n) is 7.11. The lowest BCUT2D eigenvalue weighted by Crippen LogP contribution is -2.20. The number of benzene rings is 2. The Hall–Kier alpha value is -1.74. The second-order valence-corrected chi connectivity index (χ2v) is 5.57. The van der Waals surface area contributed by atoms with E-state index in [1.807, 2.05) is 7.05 Å². The summed E-state index contributed by atoms with van der Waals surface area (Å²) in [7, 11) is 1.86. The van der Waals surface area contributed by atoms with Crippen molar-refractivity contribution in [2.45, 2.75) is 33.2 Å². The summed E-state index contributed by atoms with van der Waals surface area (Å²) in [6.45, 7) is 6.22. The van der Waals surface area contributed by atoms with E-state index in [1.165, 1.54) is 28.8 Å². The topological polar surface area (TPSA) is 12.0 Å². The molecule has 2 aromatic carbocycles. The molecule has 0 spiro atoms. The van der Waals surface area contributed by atoms with Crippen molar-refractivity contribution in [2.75, 3.05) is 7.05 Å². The van der Waals surface area contributed by atoms with Crippen molar-refractivity contribution < 1.29 is 8.78 Å². The number of rotatable bonds is 4. The van der Waals surface area contributed by atoms with Gasteiger partial charge in [0.25, 0.3) is 0 Å². The van der Waals surface area contributed by atoms with Crippen LogP contribution in [0.3, 0.4) is 0 Å². The third-order valence-corrected chi connectivity index (χ3v) is 4.05. The highest BCUT2D eigenvalue weighted by molar-refractivity contribution is 5.39. The maximum absolute atomic E-state index is 13.8. The molecule has 21 heavy (non-hydrogen) atoms. The second-order valence-electron chi connectivity index (χ2n) is 5.57. The largest absolute Gasteiger partial charge is 0.313 e. The molecule has 0 fully saturated rings. The number of halogens is 2. The van der Waals surface area contributed by atoms with Crippen LogP contribution in [0, 0.1) is 32.4 Å². The molecule has 0 bridgehead atoms. The summed E-state index contributed by atoms with van der Waals surface area (Å²) < 4.78 is 26.8. The molecule has 0 aliphatic carbocycles. The summed E-state index contributed by atoms with van der Waals surface area (Å²) in [5.74, 6) is -1.03. The fraction of sp³-hybridized carbons (Fsp3) is 0.333. The molecule has 0 heterocycles. The lowest BCUT2D eigenvalue weighted by Gasteiger charge is -2.21. The molecule has 0 aliphatic heterocycles. The highest BCUT2D eigenvalue weighted by Crippen LogP contribution is 2.25. The molecule has 0 amide bonds. The van der Waals surface area contributed by atoms with Crippen molar-refractivity contribution >= 4 is 0 Å². The van der Waals surface area contributed by atoms with Gasteiger partial charge >= 0.3 is 0 Å². The Bertz CT molecular complexity index is 650. The highest BCUT2D eigenvalue weighted by Gasteiger charge is 2.16. The molecule has 0 saturated carbocycles. The van der Waals surface area contributed by atoms with Crippen molar-refractivity contribution in [3.8, 4) is 0 Å². The smallest absolute Gasteiger partial charge is 0.129 e. The van der Waals surface area contributed by atoms with E-state index in [4.69, 9.17) is 0 Å². The molecule has 1 nitrogen and oxygen atoms in total. The lowest BCUT2D eigenvalue weighted by atomic mass is 9.92. The standard InChI is InChI=1S/C18H21F2N/c1-11-7-13(3)16(8-12(11)2)18(21-4)9-14-5-6-15(19)10-17(14)20/h5-8,10,18,21H,9H2,1-4H3. The second kappa shape index (κ2) is 6.35. The Morgan fingerprint density at radius 3 is 2.24 bits per heavy atom. The highest BCUT2D eigenvalue weighted by atomic mass is 19.1. The van der Waals surface area contributed by atoms with Gasteiger partial charge in [0.05, 0.1) is 0 Å². The molecule has 2 rings (SSSR count). The molecule has 1 atom stereocenters. The van der Waals surface area contributed by atoms with Gasteiger partial charge in [-0.25, -0.2) is 8.78 Å². The Labute approximate surface area is 125 Å². The Kier molecular flexibility index (Phi) is 4.73. The minimum atomic E-state index is -0.542. The van der Waals surface area contributed by atoms with Crippen LogP contribution in [0.5, 0.6) is 0 Å². The zero-order valence-corrected chi connectivity index (χ0v) is 12.9. The number of hydrogen-bond donors (Lipinski definition) is 1. The fourth-order valence-electron chi connectivity index (χ4n) is 2.63. The Morgan fingerprint density at radius 1 is 0.952 bits per heavy atom. The van der Waals surface area contributed by atoms with E-state index < -0.39 is 11.6 Å². The van der Waals surface area contributed by atoms with Gasteiger partial charge in [-0.05, 0) is 68.1 Å². The van der Waals surface area contributed by atoms with Crippen LogP contribution >= 0.6 is 0 Å². The summed E-state index contributed by atoms with van der Waals surface area (Å²) >= 11 is 0. The van der Waals surface area contributed by atoms with Crippen LogP contribution < -0.4 is 5.32 Å². The van der Waals surface area contributed by atoms with Crippen LogP contribution in [-0.2, 0) is 6.42 Å². The molecule has 1 N–H and O–H groups in total. The van der Waals surface area contributed by atoms with Gasteiger partial charge in [-0.2, -0.15) is 0 Å². The van der Waals surface area contributed by atoms with E-state index in [2.05, 4.69) is 38.2 Å². The van der Waals surface area contributed by atoms with Gasteiger partial charge in [0.15, 0.2) is 0 Å². The van der Waals surface area contributed by atoms with Crippen molar-refractivity contribution in [1.29, 1.82) is 0 Å². The maximum Gasteiger partial charge on any atom is 0.129 e. The van der Waals surface area contributed by atoms with E-state index in [9.17, 15) is 8.78 Å². The van der Waals surface area contributed by atoms with E-state index in [1.54, 1.807) is 0 Å². The monoisotopic (exact) mass is 289 g/mol. The van der Waals surface area contributed by atoms with E-state index >= 15 is 0 Å². The first-order valence-corrected chi connectivity index (χ1v) is 7.11. The fourth-order valence-corrected chi connectivity index (χ4v) is 2.63. The number of likely N-dealkylation sites (N-methyl/N-ethyl adjacent to an activating group) is 1. The van der Waals surface area contributed by atoms with Gasteiger partial charge in [0.1, 0.15) is 11.6 Å². The van der Waals surface area contributed by atoms with Gasteiger partial charge in [0, 0.05) is 12.1 Å². The van der Waals surface area contributed by atoms with Crippen molar-refractivity contribution in [3.05, 3.63) is 69.8 Å². The third-order valence-electron chi connectivity index (χ3n) is 4.05. The lowest BCUT2D eigenvalue weighted by molar-refractivity contribution is 0.539. The van der Waals surface area contributed by atoms with Crippen LogP contribution in [0.15, 0.2) is 30.3 Å². The Balaban J connectivity index is 2.34. The van der Waals surface area contributed by atoms with Crippen LogP contribution in [0.25, 0.3) is 0 Å². The number of hydrogen-bond acceptors (Lipinski definition) is 1. The molecular formula is C18H21F2N. The summed E-state index contributed by atoms with van der Waals surface area (Å²) in [5.41, 5.74) is 5.33. The quantitative estimate of drug-likeness (QED) is 0.880. The zero-order valence-electron chi connectivity index (χ0n) is 12.9. The molecule has 2 aromatic rings. The summed E-state index contributed by atoms with van der Waals surface area (Å²) in [6, 6.07) is 8.06. The van der Waals surface area contributed by atoms with Crippen LogP contribution in [0.1, 0.15) is 33.9 Å². The van der Waals surface area contributed by atoms with E-state index in [-0.39, 0.29) is 6.04 Å². The van der Waals surface area contributed by atoms with Crippen molar-refractivity contribution in [2.24, 2.45) is 0 Å². The molecule has 0 saturated heterocycles. The summed E-state index contributed by atoms with van der Waals surface area (Å²) in [4.78, 5) is 0. The maximum atomic E-state index is 13.8. The van der Waals surface area contributed by atoms with E-state index in [0.29, 0.717) is 12.0 Å². The molecule has 1 unspecified atom stereocenters. The average molecular weight is 289 g/mol. The molecular weight excluding hydrogens is 268 g/mol. The number of nitrogens with one attached hydrogen (secondary N) is 1. The molecule has 0 aromatic heterocycles. The zero-order chi connectivity index (χ0) is 15.6. The van der Waals surface area contributed by atoms with E-state index in [0.717, 1.165) is 11.6 Å². The minimum Gasteiger partial charge on any atom is -0.313 e. The summed E-state index contributed by atoms with van der Waals surface area (Å²) in [5, 5.41) is 3.24. The first kappa shape index (κ1) is 15.6. The van der Waals surface area contributed by atoms with Crippen LogP contribution in [0.2, 0.25) is 0 Å². The normalized spacial score (nSPS) is 12.5. The van der Waals surface area contributed by atoms with Gasteiger partial charge in [0.2, 0.25) is 0 Å². The summed E-state index contributed by atoms with van der Waals surface area (Å²) in [6.07, 6.45) is 0.492. The molecule has 112 valence electrons. The van der Waals surface area contributed by atoms with Gasteiger partial charge < -0.3 is 5.32 Å². The Morgan fingerprint density at radius 2 is 1.62 bits per heavy atom. The minimum absolute atomic E-state index is 0.00395. The first-order chi connectivity index (χ1) is 9.92. The van der Waals surface area contributed by atoms with Crippen molar-refractivity contribution in [1.82, 2.24) is 5.32 Å². The van der Waals surface area contributed by atoms with Gasteiger partial charge in [-0.1, -0.05) is 18.2 Å². The molecule has 3 heteroatoms. The average Bonchev–Trinajstić information content (AvgIpc) is 2.43.